The molecule has 6 heteroatoms. The maximum Gasteiger partial charge on any atom is 0.212 e. The molecule has 4 rings (SSSR count). The molecule has 1 aromatic carbocycles. The molecule has 1 aliphatic rings. The Labute approximate surface area is 159 Å². The van der Waals surface area contributed by atoms with Crippen LogP contribution in [0.4, 0.5) is 0 Å². The molecule has 0 N–H and O–H groups in total. The average Bonchev–Trinajstić information content (AvgIpc) is 2.88. The number of benzene rings is 1. The third-order valence-electron chi connectivity index (χ3n) is 4.96. The quantitative estimate of drug-likeness (QED) is 0.699. The summed E-state index contributed by atoms with van der Waals surface area (Å²) in [5, 5.41) is 0. The van der Waals surface area contributed by atoms with Gasteiger partial charge in [-0.25, -0.2) is 8.42 Å². The Balaban J connectivity index is 1.88. The highest BCUT2D eigenvalue weighted by atomic mass is 32.2. The van der Waals surface area contributed by atoms with Crippen LogP contribution in [0.3, 0.4) is 0 Å². The zero-order valence-electron chi connectivity index (χ0n) is 15.1. The first kappa shape index (κ1) is 17.8. The monoisotopic (exact) mass is 379 g/mol. The van der Waals surface area contributed by atoms with Gasteiger partial charge >= 0.3 is 0 Å². The lowest BCUT2D eigenvalue weighted by atomic mass is 9.94. The molecule has 1 aliphatic heterocycles. The first-order valence-electron chi connectivity index (χ1n) is 8.95. The summed E-state index contributed by atoms with van der Waals surface area (Å²) in [5.41, 5.74) is 4.95. The van der Waals surface area contributed by atoms with Gasteiger partial charge in [0.25, 0.3) is 0 Å². The molecular formula is C21H21N3O2S. The Hall–Kier alpha value is -2.57. The highest BCUT2D eigenvalue weighted by molar-refractivity contribution is 7.88. The van der Waals surface area contributed by atoms with Gasteiger partial charge in [-0.2, -0.15) is 4.31 Å². The van der Waals surface area contributed by atoms with E-state index in [1.165, 1.54) is 11.8 Å². The maximum absolute atomic E-state index is 12.6. The van der Waals surface area contributed by atoms with Crippen LogP contribution in [-0.4, -0.2) is 35.5 Å². The number of aromatic nitrogens is 2. The van der Waals surface area contributed by atoms with Gasteiger partial charge in [-0.3, -0.25) is 9.97 Å². The van der Waals surface area contributed by atoms with Crippen molar-refractivity contribution < 1.29 is 8.42 Å². The topological polar surface area (TPSA) is 63.2 Å². The molecule has 27 heavy (non-hydrogen) atoms. The highest BCUT2D eigenvalue weighted by Gasteiger charge is 2.32. The van der Waals surface area contributed by atoms with Crippen LogP contribution in [0.15, 0.2) is 67.1 Å². The van der Waals surface area contributed by atoms with Gasteiger partial charge in [-0.15, -0.1) is 0 Å². The molecule has 5 nitrogen and oxygen atoms in total. The van der Waals surface area contributed by atoms with Crippen molar-refractivity contribution in [2.45, 2.75) is 18.9 Å². The molecular weight excluding hydrogens is 358 g/mol. The van der Waals surface area contributed by atoms with Crippen molar-refractivity contribution in [1.29, 1.82) is 0 Å². The second kappa shape index (κ2) is 7.21. The van der Waals surface area contributed by atoms with E-state index in [-0.39, 0.29) is 6.04 Å². The minimum Gasteiger partial charge on any atom is -0.265 e. The molecule has 1 unspecified atom stereocenters. The summed E-state index contributed by atoms with van der Waals surface area (Å²) in [6.07, 6.45) is 8.18. The lowest BCUT2D eigenvalue weighted by molar-refractivity contribution is 0.368. The van der Waals surface area contributed by atoms with Gasteiger partial charge in [0.2, 0.25) is 10.0 Å². The van der Waals surface area contributed by atoms with Crippen LogP contribution >= 0.6 is 0 Å². The molecule has 2 aromatic heterocycles. The number of hydrogen-bond acceptors (Lipinski definition) is 4. The number of nitrogens with zero attached hydrogens (tertiary/aromatic N) is 3. The molecule has 0 radical (unpaired) electrons. The molecule has 0 saturated heterocycles. The predicted molar refractivity (Wildman–Crippen MR) is 106 cm³/mol. The first-order valence-corrected chi connectivity index (χ1v) is 10.8. The molecule has 138 valence electrons. The van der Waals surface area contributed by atoms with Crippen LogP contribution in [0.5, 0.6) is 0 Å². The van der Waals surface area contributed by atoms with Crippen molar-refractivity contribution in [3.8, 4) is 11.3 Å². The molecule has 0 aliphatic carbocycles. The van der Waals surface area contributed by atoms with Crippen LogP contribution in [-0.2, 0) is 16.4 Å². The van der Waals surface area contributed by atoms with Crippen LogP contribution < -0.4 is 0 Å². The largest absolute Gasteiger partial charge is 0.265 e. The fourth-order valence-electron chi connectivity index (χ4n) is 3.74. The summed E-state index contributed by atoms with van der Waals surface area (Å²) in [5.74, 6) is 0. The maximum atomic E-state index is 12.6. The normalized spacial score (nSPS) is 17.9. The van der Waals surface area contributed by atoms with Crippen LogP contribution in [0.1, 0.15) is 29.2 Å². The van der Waals surface area contributed by atoms with Crippen LogP contribution in [0, 0.1) is 0 Å². The summed E-state index contributed by atoms with van der Waals surface area (Å²) in [6, 6.07) is 15.5. The van der Waals surface area contributed by atoms with E-state index in [1.54, 1.807) is 22.9 Å². The van der Waals surface area contributed by atoms with Crippen molar-refractivity contribution in [2.75, 3.05) is 12.8 Å². The molecule has 0 bridgehead atoms. The number of pyridine rings is 2. The zero-order valence-corrected chi connectivity index (χ0v) is 15.9. The lowest BCUT2D eigenvalue weighted by Gasteiger charge is -2.29. The fraction of sp³-hybridized carbons (Fsp3) is 0.238. The second-order valence-corrected chi connectivity index (χ2v) is 8.72. The Bertz CT molecular complexity index is 1050. The number of aryl methyl sites for hydroxylation is 1. The summed E-state index contributed by atoms with van der Waals surface area (Å²) >= 11 is 0. The van der Waals surface area contributed by atoms with Crippen molar-refractivity contribution >= 4 is 10.0 Å². The van der Waals surface area contributed by atoms with E-state index >= 15 is 0 Å². The zero-order chi connectivity index (χ0) is 18.9. The molecule has 1 atom stereocenters. The fourth-order valence-corrected chi connectivity index (χ4v) is 4.82. The molecule has 0 amide bonds. The van der Waals surface area contributed by atoms with Gasteiger partial charge in [0.05, 0.1) is 18.0 Å². The number of hydrogen-bond donors (Lipinski definition) is 0. The van der Waals surface area contributed by atoms with E-state index in [0.717, 1.165) is 35.2 Å². The lowest BCUT2D eigenvalue weighted by Crippen LogP contribution is -2.34. The Morgan fingerprint density at radius 2 is 1.81 bits per heavy atom. The molecule has 3 aromatic rings. The molecule has 0 saturated carbocycles. The Morgan fingerprint density at radius 1 is 1.04 bits per heavy atom. The van der Waals surface area contributed by atoms with Gasteiger partial charge < -0.3 is 0 Å². The van der Waals surface area contributed by atoms with Crippen LogP contribution in [0.2, 0.25) is 0 Å². The molecule has 0 fully saturated rings. The van der Waals surface area contributed by atoms with E-state index in [1.807, 2.05) is 42.5 Å². The smallest absolute Gasteiger partial charge is 0.212 e. The van der Waals surface area contributed by atoms with Crippen molar-refractivity contribution in [3.63, 3.8) is 0 Å². The van der Waals surface area contributed by atoms with Gasteiger partial charge in [0.15, 0.2) is 0 Å². The van der Waals surface area contributed by atoms with Crippen molar-refractivity contribution in [1.82, 2.24) is 14.3 Å². The number of rotatable bonds is 3. The van der Waals surface area contributed by atoms with Crippen molar-refractivity contribution in [2.24, 2.45) is 0 Å². The van der Waals surface area contributed by atoms with E-state index in [9.17, 15) is 8.42 Å². The minimum absolute atomic E-state index is 0.345. The summed E-state index contributed by atoms with van der Waals surface area (Å²) in [7, 11) is -3.36. The van der Waals surface area contributed by atoms with E-state index in [2.05, 4.69) is 16.0 Å². The van der Waals surface area contributed by atoms with Gasteiger partial charge in [-0.1, -0.05) is 24.3 Å². The molecule has 3 heterocycles. The summed E-state index contributed by atoms with van der Waals surface area (Å²) in [4.78, 5) is 8.53. The Morgan fingerprint density at radius 3 is 2.59 bits per heavy atom. The van der Waals surface area contributed by atoms with Crippen LogP contribution in [0.25, 0.3) is 11.3 Å². The third kappa shape index (κ3) is 3.63. The number of fused-ring (bicyclic) bond motifs is 1. The standard InChI is InChI=1S/C21H21N3O2S/c1-27(25,26)24-14-4-6-16-5-2-3-7-19(16)21(24)18-10-13-23-20(15-18)17-8-11-22-12-9-17/h2-3,5,7-13,15,21H,4,6,14H2,1H3. The van der Waals surface area contributed by atoms with E-state index in [4.69, 9.17) is 0 Å². The van der Waals surface area contributed by atoms with Crippen molar-refractivity contribution in [3.05, 3.63) is 83.8 Å². The minimum atomic E-state index is -3.36. The van der Waals surface area contributed by atoms with Gasteiger partial charge in [-0.05, 0) is 53.8 Å². The van der Waals surface area contributed by atoms with Gasteiger partial charge in [0, 0.05) is 30.7 Å². The first-order chi connectivity index (χ1) is 13.0. The van der Waals surface area contributed by atoms with Gasteiger partial charge in [0.1, 0.15) is 0 Å². The van der Waals surface area contributed by atoms with E-state index < -0.39 is 10.0 Å². The third-order valence-corrected chi connectivity index (χ3v) is 6.21. The molecule has 0 spiro atoms. The highest BCUT2D eigenvalue weighted by Crippen LogP contribution is 2.36. The van der Waals surface area contributed by atoms with E-state index in [0.29, 0.717) is 6.54 Å². The second-order valence-electron chi connectivity index (χ2n) is 6.79. The summed E-state index contributed by atoms with van der Waals surface area (Å²) < 4.78 is 26.8. The SMILES string of the molecule is CS(=O)(=O)N1CCCc2ccccc2C1c1ccnc(-c2ccncc2)c1. The summed E-state index contributed by atoms with van der Waals surface area (Å²) in [6.45, 7) is 0.505. The predicted octanol–water partition coefficient (Wildman–Crippen LogP) is 3.44. The Kier molecular flexibility index (Phi) is 4.76. The number of sulfonamides is 1. The average molecular weight is 379 g/mol.